The molecule has 68 valence electrons. The maximum Gasteiger partial charge on any atom is 0.233 e. The summed E-state index contributed by atoms with van der Waals surface area (Å²) in [6.45, 7) is 1.75. The molecule has 2 nitrogen and oxygen atoms in total. The van der Waals surface area contributed by atoms with Crippen molar-refractivity contribution in [2.24, 2.45) is 0 Å². The monoisotopic (exact) mass is 259 g/mol. The Balaban J connectivity index is 2.85. The van der Waals surface area contributed by atoms with E-state index in [-0.39, 0.29) is 6.10 Å². The van der Waals surface area contributed by atoms with Crippen LogP contribution in [0.4, 0.5) is 0 Å². The van der Waals surface area contributed by atoms with Crippen LogP contribution in [0.25, 0.3) is 0 Å². The molecule has 13 heavy (non-hydrogen) atoms. The second-order valence-corrected chi connectivity index (χ2v) is 3.69. The number of halogens is 2. The van der Waals surface area contributed by atoms with Gasteiger partial charge in [-0.3, -0.25) is 0 Å². The number of aromatic nitrogens is 1. The van der Waals surface area contributed by atoms with Gasteiger partial charge in [-0.1, -0.05) is 17.5 Å². The molecule has 0 fully saturated rings. The van der Waals surface area contributed by atoms with E-state index >= 15 is 0 Å². The van der Waals surface area contributed by atoms with Crippen LogP contribution in [0.2, 0.25) is 5.02 Å². The van der Waals surface area contributed by atoms with E-state index in [4.69, 9.17) is 22.8 Å². The van der Waals surface area contributed by atoms with Gasteiger partial charge in [-0.05, 0) is 28.9 Å². The van der Waals surface area contributed by atoms with Crippen LogP contribution in [-0.2, 0) is 0 Å². The quantitative estimate of drug-likeness (QED) is 0.763. The number of nitrogens with zero attached hydrogens (tertiary/aromatic N) is 1. The summed E-state index contributed by atoms with van der Waals surface area (Å²) < 4.78 is 6.05. The number of hydrogen-bond acceptors (Lipinski definition) is 2. The fraction of sp³-hybridized carbons (Fsp3) is 0.222. The summed E-state index contributed by atoms with van der Waals surface area (Å²) in [6.07, 6.45) is 6.42. The zero-order chi connectivity index (χ0) is 9.84. The van der Waals surface area contributed by atoms with E-state index in [1.165, 1.54) is 0 Å². The highest BCUT2D eigenvalue weighted by molar-refractivity contribution is 9.10. The molecule has 0 spiro atoms. The first-order valence-electron chi connectivity index (χ1n) is 3.57. The fourth-order valence-corrected chi connectivity index (χ4v) is 1.36. The van der Waals surface area contributed by atoms with Gasteiger partial charge in [0.1, 0.15) is 5.02 Å². The molecule has 0 aliphatic heterocycles. The van der Waals surface area contributed by atoms with Crippen molar-refractivity contribution in [2.75, 3.05) is 0 Å². The number of terminal acetylenes is 1. The van der Waals surface area contributed by atoms with Crippen molar-refractivity contribution in [2.45, 2.75) is 13.0 Å². The molecule has 4 heteroatoms. The molecule has 0 saturated carbocycles. The van der Waals surface area contributed by atoms with Crippen LogP contribution in [0.1, 0.15) is 6.92 Å². The summed E-state index contributed by atoms with van der Waals surface area (Å²) in [5, 5.41) is 0.441. The van der Waals surface area contributed by atoms with Gasteiger partial charge in [0.15, 0.2) is 6.10 Å². The molecular weight excluding hydrogens is 253 g/mol. The molecule has 1 atom stereocenters. The third kappa shape index (κ3) is 2.91. The van der Waals surface area contributed by atoms with Crippen molar-refractivity contribution >= 4 is 27.5 Å². The van der Waals surface area contributed by atoms with Crippen LogP contribution in [0, 0.1) is 12.3 Å². The molecule has 0 aliphatic carbocycles. The predicted molar refractivity (Wildman–Crippen MR) is 55.9 cm³/mol. The number of pyridine rings is 1. The van der Waals surface area contributed by atoms with E-state index in [0.29, 0.717) is 10.9 Å². The molecule has 1 unspecified atom stereocenters. The van der Waals surface area contributed by atoms with Crippen molar-refractivity contribution in [3.63, 3.8) is 0 Å². The van der Waals surface area contributed by atoms with Crippen LogP contribution >= 0.6 is 27.5 Å². The van der Waals surface area contributed by atoms with Crippen LogP contribution in [0.3, 0.4) is 0 Å². The highest BCUT2D eigenvalue weighted by Gasteiger charge is 2.06. The third-order valence-electron chi connectivity index (χ3n) is 1.30. The summed E-state index contributed by atoms with van der Waals surface area (Å²) in [6, 6.07) is 1.70. The summed E-state index contributed by atoms with van der Waals surface area (Å²) in [5.41, 5.74) is 0. The van der Waals surface area contributed by atoms with E-state index in [2.05, 4.69) is 26.8 Å². The lowest BCUT2D eigenvalue weighted by Gasteiger charge is -2.08. The molecule has 0 N–H and O–H groups in total. The van der Waals surface area contributed by atoms with E-state index in [1.54, 1.807) is 19.2 Å². The Labute approximate surface area is 90.4 Å². The Morgan fingerprint density at radius 1 is 1.77 bits per heavy atom. The van der Waals surface area contributed by atoms with Gasteiger partial charge in [-0.25, -0.2) is 4.98 Å². The zero-order valence-electron chi connectivity index (χ0n) is 6.92. The zero-order valence-corrected chi connectivity index (χ0v) is 9.26. The lowest BCUT2D eigenvalue weighted by molar-refractivity contribution is 0.268. The van der Waals surface area contributed by atoms with Gasteiger partial charge >= 0.3 is 0 Å². The minimum Gasteiger partial charge on any atom is -0.460 e. The predicted octanol–water partition coefficient (Wildman–Crippen LogP) is 2.90. The van der Waals surface area contributed by atoms with E-state index in [1.807, 2.05) is 0 Å². The molecule has 1 aromatic rings. The Hall–Kier alpha value is -0.720. The standard InChI is InChI=1S/C9H7BrClNO/c1-3-6(2)13-9-8(11)4-7(10)5-12-9/h1,4-6H,2H3. The Morgan fingerprint density at radius 3 is 3.00 bits per heavy atom. The van der Waals surface area contributed by atoms with Gasteiger partial charge in [0, 0.05) is 10.7 Å². The maximum atomic E-state index is 5.84. The van der Waals surface area contributed by atoms with E-state index in [9.17, 15) is 0 Å². The maximum absolute atomic E-state index is 5.84. The first kappa shape index (κ1) is 10.4. The summed E-state index contributed by atoms with van der Waals surface area (Å²) in [4.78, 5) is 3.97. The van der Waals surface area contributed by atoms with Crippen LogP contribution in [0.5, 0.6) is 5.88 Å². The number of hydrogen-bond donors (Lipinski definition) is 0. The lowest BCUT2D eigenvalue weighted by Crippen LogP contribution is -2.09. The van der Waals surface area contributed by atoms with Gasteiger partial charge < -0.3 is 4.74 Å². The Bertz CT molecular complexity index is 348. The highest BCUT2D eigenvalue weighted by Crippen LogP contribution is 2.25. The van der Waals surface area contributed by atoms with Gasteiger partial charge in [0.2, 0.25) is 5.88 Å². The Kier molecular flexibility index (Phi) is 3.58. The first-order chi connectivity index (χ1) is 6.13. The topological polar surface area (TPSA) is 22.1 Å². The smallest absolute Gasteiger partial charge is 0.233 e. The summed E-state index contributed by atoms with van der Waals surface area (Å²) in [5.74, 6) is 2.78. The average Bonchev–Trinajstić information content (AvgIpc) is 2.09. The van der Waals surface area contributed by atoms with Gasteiger partial charge in [-0.15, -0.1) is 6.42 Å². The van der Waals surface area contributed by atoms with E-state index in [0.717, 1.165) is 4.47 Å². The van der Waals surface area contributed by atoms with Crippen LogP contribution in [0.15, 0.2) is 16.7 Å². The summed E-state index contributed by atoms with van der Waals surface area (Å²) >= 11 is 9.08. The first-order valence-corrected chi connectivity index (χ1v) is 4.74. The SMILES string of the molecule is C#CC(C)Oc1ncc(Br)cc1Cl. The van der Waals surface area contributed by atoms with Crippen LogP contribution < -0.4 is 4.74 Å². The van der Waals surface area contributed by atoms with Crippen LogP contribution in [-0.4, -0.2) is 11.1 Å². The number of ether oxygens (including phenoxy) is 1. The molecule has 0 bridgehead atoms. The second-order valence-electron chi connectivity index (χ2n) is 2.37. The molecule has 1 rings (SSSR count). The highest BCUT2D eigenvalue weighted by atomic mass is 79.9. The fourth-order valence-electron chi connectivity index (χ4n) is 0.690. The molecular formula is C9H7BrClNO. The van der Waals surface area contributed by atoms with E-state index < -0.39 is 0 Å². The Morgan fingerprint density at radius 2 is 2.46 bits per heavy atom. The van der Waals surface area contributed by atoms with Crippen molar-refractivity contribution < 1.29 is 4.74 Å². The van der Waals surface area contributed by atoms with Crippen molar-refractivity contribution in [1.82, 2.24) is 4.98 Å². The molecule has 0 aliphatic rings. The molecule has 1 heterocycles. The molecule has 1 aromatic heterocycles. The normalized spacial score (nSPS) is 11.8. The average molecular weight is 261 g/mol. The van der Waals surface area contributed by atoms with Gasteiger partial charge in [0.05, 0.1) is 0 Å². The second kappa shape index (κ2) is 4.50. The lowest BCUT2D eigenvalue weighted by atomic mass is 10.4. The minimum atomic E-state index is -0.328. The van der Waals surface area contributed by atoms with Gasteiger partial charge in [-0.2, -0.15) is 0 Å². The summed E-state index contributed by atoms with van der Waals surface area (Å²) in [7, 11) is 0. The molecule has 0 radical (unpaired) electrons. The number of rotatable bonds is 2. The largest absolute Gasteiger partial charge is 0.460 e. The van der Waals surface area contributed by atoms with Crippen molar-refractivity contribution in [3.8, 4) is 18.2 Å². The van der Waals surface area contributed by atoms with Crippen molar-refractivity contribution in [3.05, 3.63) is 21.8 Å². The molecule has 0 saturated heterocycles. The molecule has 0 aromatic carbocycles. The molecule has 0 amide bonds. The third-order valence-corrected chi connectivity index (χ3v) is 2.00. The van der Waals surface area contributed by atoms with Crippen molar-refractivity contribution in [1.29, 1.82) is 0 Å². The van der Waals surface area contributed by atoms with Gasteiger partial charge in [0.25, 0.3) is 0 Å². The minimum absolute atomic E-state index is 0.328.